The van der Waals surface area contributed by atoms with Crippen molar-refractivity contribution in [3.8, 4) is 12.3 Å². The largest absolute Gasteiger partial charge is 0.382 e. The van der Waals surface area contributed by atoms with Crippen molar-refractivity contribution >= 4 is 11.6 Å². The topological polar surface area (TPSA) is 55.0 Å². The molecule has 1 aromatic rings. The van der Waals surface area contributed by atoms with Crippen molar-refractivity contribution in [3.63, 3.8) is 0 Å². The molecule has 0 aliphatic carbocycles. The Morgan fingerprint density at radius 2 is 2.33 bits per heavy atom. The fourth-order valence-corrected chi connectivity index (χ4v) is 0.746. The number of anilines is 2. The van der Waals surface area contributed by atoms with Crippen LogP contribution in [0.3, 0.4) is 0 Å². The number of hydrogen-bond donors (Lipinski definition) is 1. The summed E-state index contributed by atoms with van der Waals surface area (Å²) in [5.41, 5.74) is 5.37. The molecular weight excluding hydrogens is 152 g/mol. The lowest BCUT2D eigenvalue weighted by atomic mass is 10.5. The average Bonchev–Trinajstić information content (AvgIpc) is 2.06. The van der Waals surface area contributed by atoms with Crippen LogP contribution in [0.15, 0.2) is 12.4 Å². The van der Waals surface area contributed by atoms with Gasteiger partial charge in [-0.25, -0.2) is 9.97 Å². The highest BCUT2D eigenvalue weighted by Crippen LogP contribution is 2.05. The molecule has 0 saturated heterocycles. The van der Waals surface area contributed by atoms with Crippen molar-refractivity contribution < 1.29 is 0 Å². The molecule has 12 heavy (non-hydrogen) atoms. The molecule has 0 unspecified atom stereocenters. The predicted molar refractivity (Wildman–Crippen MR) is 48.5 cm³/mol. The van der Waals surface area contributed by atoms with E-state index >= 15 is 0 Å². The Labute approximate surface area is 71.4 Å². The summed E-state index contributed by atoms with van der Waals surface area (Å²) in [6.45, 7) is 0.512. The Morgan fingerprint density at radius 3 is 2.83 bits per heavy atom. The van der Waals surface area contributed by atoms with Gasteiger partial charge in [0.25, 0.3) is 0 Å². The summed E-state index contributed by atoms with van der Waals surface area (Å²) in [6, 6.07) is 0. The van der Waals surface area contributed by atoms with Crippen LogP contribution in [0.25, 0.3) is 0 Å². The number of nitrogen functional groups attached to an aromatic ring is 1. The first-order valence-corrected chi connectivity index (χ1v) is 3.46. The number of nitrogens with two attached hydrogens (primary N) is 1. The van der Waals surface area contributed by atoms with Crippen molar-refractivity contribution in [2.75, 3.05) is 24.2 Å². The molecule has 0 aliphatic rings. The van der Waals surface area contributed by atoms with E-state index in [-0.39, 0.29) is 0 Å². The monoisotopic (exact) mass is 162 g/mol. The van der Waals surface area contributed by atoms with Crippen molar-refractivity contribution in [1.82, 2.24) is 9.97 Å². The van der Waals surface area contributed by atoms with Gasteiger partial charge in [0, 0.05) is 7.05 Å². The quantitative estimate of drug-likeness (QED) is 0.628. The highest BCUT2D eigenvalue weighted by Gasteiger charge is 1.99. The van der Waals surface area contributed by atoms with Gasteiger partial charge < -0.3 is 10.6 Å². The molecule has 0 spiro atoms. The van der Waals surface area contributed by atoms with E-state index in [9.17, 15) is 0 Å². The van der Waals surface area contributed by atoms with E-state index in [2.05, 4.69) is 15.9 Å². The number of terminal acetylenes is 1. The molecule has 0 amide bonds. The summed E-state index contributed by atoms with van der Waals surface area (Å²) in [7, 11) is 1.85. The van der Waals surface area contributed by atoms with E-state index < -0.39 is 0 Å². The Morgan fingerprint density at radius 1 is 1.58 bits per heavy atom. The van der Waals surface area contributed by atoms with Crippen LogP contribution in [-0.2, 0) is 0 Å². The molecule has 0 atom stereocenters. The van der Waals surface area contributed by atoms with Crippen LogP contribution in [-0.4, -0.2) is 23.6 Å². The number of nitrogens with zero attached hydrogens (tertiary/aromatic N) is 3. The van der Waals surface area contributed by atoms with E-state index in [1.807, 2.05) is 11.9 Å². The third-order valence-electron chi connectivity index (χ3n) is 1.38. The molecule has 0 bridgehead atoms. The SMILES string of the molecule is C#CCN(C)c1cnc(N)cn1. The second kappa shape index (κ2) is 3.58. The summed E-state index contributed by atoms with van der Waals surface area (Å²) in [6.07, 6.45) is 8.22. The average molecular weight is 162 g/mol. The molecule has 0 radical (unpaired) electrons. The fourth-order valence-electron chi connectivity index (χ4n) is 0.746. The van der Waals surface area contributed by atoms with E-state index in [4.69, 9.17) is 12.2 Å². The maximum Gasteiger partial charge on any atom is 0.147 e. The molecule has 0 aliphatic heterocycles. The van der Waals surface area contributed by atoms with Gasteiger partial charge >= 0.3 is 0 Å². The Hall–Kier alpha value is -1.76. The number of aromatic nitrogens is 2. The molecule has 0 aromatic carbocycles. The Bertz CT molecular complexity index is 285. The second-order valence-corrected chi connectivity index (χ2v) is 2.36. The molecule has 0 fully saturated rings. The van der Waals surface area contributed by atoms with Crippen molar-refractivity contribution in [2.24, 2.45) is 0 Å². The first kappa shape index (κ1) is 8.34. The van der Waals surface area contributed by atoms with Crippen LogP contribution < -0.4 is 10.6 Å². The summed E-state index contributed by atoms with van der Waals surface area (Å²) < 4.78 is 0. The van der Waals surface area contributed by atoms with Crippen molar-refractivity contribution in [1.29, 1.82) is 0 Å². The molecule has 1 rings (SSSR count). The summed E-state index contributed by atoms with van der Waals surface area (Å²) in [5, 5.41) is 0. The minimum absolute atomic E-state index is 0.410. The molecule has 4 heteroatoms. The molecule has 2 N–H and O–H groups in total. The molecular formula is C8H10N4. The highest BCUT2D eigenvalue weighted by atomic mass is 15.2. The molecule has 1 aromatic heterocycles. The number of rotatable bonds is 2. The van der Waals surface area contributed by atoms with Crippen molar-refractivity contribution in [2.45, 2.75) is 0 Å². The lowest BCUT2D eigenvalue weighted by molar-refractivity contribution is 0.991. The van der Waals surface area contributed by atoms with Crippen LogP contribution in [0.4, 0.5) is 11.6 Å². The van der Waals surface area contributed by atoms with Gasteiger partial charge in [-0.3, -0.25) is 0 Å². The molecule has 0 saturated carbocycles. The van der Waals surface area contributed by atoms with Gasteiger partial charge in [-0.2, -0.15) is 0 Å². The van der Waals surface area contributed by atoms with Crippen molar-refractivity contribution in [3.05, 3.63) is 12.4 Å². The van der Waals surface area contributed by atoms with Crippen LogP contribution in [0.1, 0.15) is 0 Å². The maximum absolute atomic E-state index is 5.37. The smallest absolute Gasteiger partial charge is 0.147 e. The third-order valence-corrected chi connectivity index (χ3v) is 1.38. The lowest BCUT2D eigenvalue weighted by Crippen LogP contribution is -2.18. The summed E-state index contributed by atoms with van der Waals surface area (Å²) in [4.78, 5) is 9.74. The van der Waals surface area contributed by atoms with Crippen LogP contribution in [0, 0.1) is 12.3 Å². The van der Waals surface area contributed by atoms with Gasteiger partial charge in [0.1, 0.15) is 11.6 Å². The molecule has 4 nitrogen and oxygen atoms in total. The normalized spacial score (nSPS) is 9.00. The summed E-state index contributed by atoms with van der Waals surface area (Å²) in [5.74, 6) is 3.64. The lowest BCUT2D eigenvalue weighted by Gasteiger charge is -2.13. The third kappa shape index (κ3) is 1.86. The van der Waals surface area contributed by atoms with E-state index in [1.54, 1.807) is 6.20 Å². The molecule has 62 valence electrons. The first-order chi connectivity index (χ1) is 5.74. The Balaban J connectivity index is 2.76. The highest BCUT2D eigenvalue weighted by molar-refractivity contribution is 5.39. The zero-order valence-corrected chi connectivity index (χ0v) is 6.86. The Kier molecular flexibility index (Phi) is 2.49. The summed E-state index contributed by atoms with van der Waals surface area (Å²) >= 11 is 0. The minimum atomic E-state index is 0.410. The van der Waals surface area contributed by atoms with Crippen LogP contribution in [0.5, 0.6) is 0 Å². The fraction of sp³-hybridized carbons (Fsp3) is 0.250. The van der Waals surface area contributed by atoms with Gasteiger partial charge in [0.05, 0.1) is 18.9 Å². The standard InChI is InChI=1S/C8H10N4/c1-3-4-12(2)8-6-10-7(9)5-11-8/h1,5-6H,4H2,2H3,(H2,9,10). The van der Waals surface area contributed by atoms with Gasteiger partial charge in [0.15, 0.2) is 0 Å². The minimum Gasteiger partial charge on any atom is -0.382 e. The van der Waals surface area contributed by atoms with Gasteiger partial charge in [-0.05, 0) is 0 Å². The zero-order chi connectivity index (χ0) is 8.97. The van der Waals surface area contributed by atoms with Gasteiger partial charge in [-0.1, -0.05) is 5.92 Å². The maximum atomic E-state index is 5.37. The number of hydrogen-bond acceptors (Lipinski definition) is 4. The van der Waals surface area contributed by atoms with Crippen LogP contribution in [0.2, 0.25) is 0 Å². The predicted octanol–water partition coefficient (Wildman–Crippen LogP) is 0.128. The second-order valence-electron chi connectivity index (χ2n) is 2.36. The van der Waals surface area contributed by atoms with Gasteiger partial charge in [0.2, 0.25) is 0 Å². The van der Waals surface area contributed by atoms with Crippen LogP contribution >= 0.6 is 0 Å². The van der Waals surface area contributed by atoms with Gasteiger partial charge in [-0.15, -0.1) is 6.42 Å². The van der Waals surface area contributed by atoms with E-state index in [0.717, 1.165) is 5.82 Å². The van der Waals surface area contributed by atoms with E-state index in [1.165, 1.54) is 6.20 Å². The molecule has 1 heterocycles. The first-order valence-electron chi connectivity index (χ1n) is 3.46. The zero-order valence-electron chi connectivity index (χ0n) is 6.86. The van der Waals surface area contributed by atoms with E-state index in [0.29, 0.717) is 12.4 Å².